The Bertz CT molecular complexity index is 438. The molecular formula is C12H14BrNO3. The van der Waals surface area contributed by atoms with Crippen LogP contribution in [0.15, 0.2) is 22.8 Å². The van der Waals surface area contributed by atoms with Crippen molar-refractivity contribution in [2.45, 2.75) is 32.8 Å². The van der Waals surface area contributed by atoms with Crippen molar-refractivity contribution in [3.8, 4) is 0 Å². The van der Waals surface area contributed by atoms with Crippen LogP contribution in [0.25, 0.3) is 0 Å². The molecular weight excluding hydrogens is 286 g/mol. The molecule has 0 bridgehead atoms. The smallest absolute Gasteiger partial charge is 0.314 e. The van der Waals surface area contributed by atoms with Crippen molar-refractivity contribution in [2.75, 3.05) is 0 Å². The number of ether oxygens (including phenoxy) is 1. The maximum Gasteiger partial charge on any atom is 0.314 e. The van der Waals surface area contributed by atoms with Gasteiger partial charge in [-0.1, -0.05) is 0 Å². The van der Waals surface area contributed by atoms with Gasteiger partial charge in [0.05, 0.1) is 0 Å². The quantitative estimate of drug-likeness (QED) is 0.489. The van der Waals surface area contributed by atoms with E-state index in [1.807, 2.05) is 0 Å². The summed E-state index contributed by atoms with van der Waals surface area (Å²) < 4.78 is 5.64. The number of Topliss-reactive ketones (excluding diaryl/α,β-unsaturated/α-hetero) is 1. The van der Waals surface area contributed by atoms with Gasteiger partial charge in [-0.2, -0.15) is 0 Å². The van der Waals surface area contributed by atoms with Crippen molar-refractivity contribution in [3.63, 3.8) is 0 Å². The minimum Gasteiger partial charge on any atom is -0.460 e. The molecule has 0 radical (unpaired) electrons. The number of esters is 1. The lowest BCUT2D eigenvalue weighted by molar-refractivity contribution is -0.153. The van der Waals surface area contributed by atoms with E-state index in [9.17, 15) is 9.59 Å². The first-order valence-corrected chi connectivity index (χ1v) is 5.94. The monoisotopic (exact) mass is 299 g/mol. The van der Waals surface area contributed by atoms with Crippen LogP contribution in [0.1, 0.15) is 37.7 Å². The minimum absolute atomic E-state index is 0.248. The number of aromatic nitrogens is 1. The lowest BCUT2D eigenvalue weighted by Crippen LogP contribution is -2.25. The summed E-state index contributed by atoms with van der Waals surface area (Å²) in [7, 11) is 0. The molecule has 1 heterocycles. The number of nitrogens with zero attached hydrogens (tertiary/aromatic N) is 1. The Morgan fingerprint density at radius 3 is 2.59 bits per heavy atom. The third-order valence-corrected chi connectivity index (χ3v) is 2.39. The first kappa shape index (κ1) is 13.8. The molecule has 92 valence electrons. The van der Waals surface area contributed by atoms with E-state index in [1.54, 1.807) is 32.9 Å². The van der Waals surface area contributed by atoms with E-state index in [1.165, 1.54) is 6.20 Å². The molecule has 0 aromatic carbocycles. The van der Waals surface area contributed by atoms with E-state index < -0.39 is 11.6 Å². The van der Waals surface area contributed by atoms with Crippen LogP contribution in [-0.2, 0) is 9.53 Å². The first-order chi connectivity index (χ1) is 7.79. The Hall–Kier alpha value is -1.23. The Balaban J connectivity index is 2.68. The maximum absolute atomic E-state index is 11.8. The second kappa shape index (κ2) is 5.40. The summed E-state index contributed by atoms with van der Waals surface area (Å²) in [4.78, 5) is 27.2. The van der Waals surface area contributed by atoms with Crippen molar-refractivity contribution < 1.29 is 14.3 Å². The lowest BCUT2D eigenvalue weighted by Gasteiger charge is -2.19. The molecule has 17 heavy (non-hydrogen) atoms. The third-order valence-electron chi connectivity index (χ3n) is 1.75. The molecule has 0 saturated heterocycles. The summed E-state index contributed by atoms with van der Waals surface area (Å²) in [6, 6.07) is 3.41. The summed E-state index contributed by atoms with van der Waals surface area (Å²) in [5, 5.41) is 0. The Morgan fingerprint density at radius 2 is 2.06 bits per heavy atom. The van der Waals surface area contributed by atoms with Gasteiger partial charge >= 0.3 is 5.97 Å². The molecule has 1 aromatic heterocycles. The second-order valence-electron chi connectivity index (χ2n) is 4.52. The maximum atomic E-state index is 11.8. The number of halogens is 1. The van der Waals surface area contributed by atoms with Gasteiger partial charge in [0.25, 0.3) is 0 Å². The van der Waals surface area contributed by atoms with Gasteiger partial charge in [0.15, 0.2) is 5.78 Å². The zero-order valence-corrected chi connectivity index (χ0v) is 11.6. The van der Waals surface area contributed by atoms with Crippen LogP contribution < -0.4 is 0 Å². The van der Waals surface area contributed by atoms with Crippen LogP contribution in [0, 0.1) is 0 Å². The number of carbonyl (C=O) groups excluding carboxylic acids is 2. The molecule has 0 aliphatic heterocycles. The molecule has 0 unspecified atom stereocenters. The highest BCUT2D eigenvalue weighted by molar-refractivity contribution is 9.10. The van der Waals surface area contributed by atoms with Crippen molar-refractivity contribution in [2.24, 2.45) is 0 Å². The lowest BCUT2D eigenvalue weighted by atomic mass is 10.1. The number of carbonyl (C=O) groups is 2. The van der Waals surface area contributed by atoms with Gasteiger partial charge in [-0.3, -0.25) is 14.6 Å². The predicted molar refractivity (Wildman–Crippen MR) is 66.7 cm³/mol. The summed E-state index contributed by atoms with van der Waals surface area (Å²) in [5.41, 5.74) is -0.336. The Labute approximate surface area is 109 Å². The third kappa shape index (κ3) is 4.65. The fourth-order valence-electron chi connectivity index (χ4n) is 1.18. The molecule has 1 aromatic rings. The van der Waals surface area contributed by atoms with Gasteiger partial charge in [0.2, 0.25) is 0 Å². The standard InChI is InChI=1S/C12H14BrNO3/c1-12(2,3)17-10(16)7-9(15)11-8(13)5-4-6-14-11/h4-6H,7H2,1-3H3. The zero-order chi connectivity index (χ0) is 13.1. The average molecular weight is 300 g/mol. The van der Waals surface area contributed by atoms with Crippen molar-refractivity contribution in [3.05, 3.63) is 28.5 Å². The number of hydrogen-bond acceptors (Lipinski definition) is 4. The Kier molecular flexibility index (Phi) is 4.40. The molecule has 5 heteroatoms. The van der Waals surface area contributed by atoms with Crippen LogP contribution in [0.4, 0.5) is 0 Å². The van der Waals surface area contributed by atoms with E-state index in [0.29, 0.717) is 4.47 Å². The Morgan fingerprint density at radius 1 is 1.41 bits per heavy atom. The molecule has 0 aliphatic carbocycles. The van der Waals surface area contributed by atoms with E-state index in [0.717, 1.165) is 0 Å². The summed E-state index contributed by atoms with van der Waals surface area (Å²) >= 11 is 3.21. The summed E-state index contributed by atoms with van der Waals surface area (Å²) in [6.07, 6.45) is 1.21. The van der Waals surface area contributed by atoms with Gasteiger partial charge in [0, 0.05) is 10.7 Å². The van der Waals surface area contributed by atoms with Gasteiger partial charge in [0.1, 0.15) is 17.7 Å². The molecule has 1 rings (SSSR count). The normalized spacial score (nSPS) is 11.1. The second-order valence-corrected chi connectivity index (χ2v) is 5.37. The van der Waals surface area contributed by atoms with E-state index in [-0.39, 0.29) is 17.9 Å². The SMILES string of the molecule is CC(C)(C)OC(=O)CC(=O)c1ncccc1Br. The van der Waals surface area contributed by atoms with Crippen molar-refractivity contribution in [1.29, 1.82) is 0 Å². The number of pyridine rings is 1. The van der Waals surface area contributed by atoms with Gasteiger partial charge in [-0.05, 0) is 48.8 Å². The largest absolute Gasteiger partial charge is 0.460 e. The average Bonchev–Trinajstić information content (AvgIpc) is 2.14. The van der Waals surface area contributed by atoms with Crippen LogP contribution >= 0.6 is 15.9 Å². The zero-order valence-electron chi connectivity index (χ0n) is 9.99. The molecule has 0 atom stereocenters. The van der Waals surface area contributed by atoms with Crippen LogP contribution in [0.2, 0.25) is 0 Å². The number of rotatable bonds is 3. The summed E-state index contributed by atoms with van der Waals surface area (Å²) in [5.74, 6) is -0.897. The van der Waals surface area contributed by atoms with E-state index in [2.05, 4.69) is 20.9 Å². The highest BCUT2D eigenvalue weighted by atomic mass is 79.9. The highest BCUT2D eigenvalue weighted by Crippen LogP contribution is 2.16. The van der Waals surface area contributed by atoms with Gasteiger partial charge < -0.3 is 4.74 Å². The van der Waals surface area contributed by atoms with Crippen molar-refractivity contribution >= 4 is 27.7 Å². The van der Waals surface area contributed by atoms with Gasteiger partial charge in [-0.25, -0.2) is 0 Å². The van der Waals surface area contributed by atoms with Crippen LogP contribution in [-0.4, -0.2) is 22.3 Å². The number of hydrogen-bond donors (Lipinski definition) is 0. The van der Waals surface area contributed by atoms with Crippen molar-refractivity contribution in [1.82, 2.24) is 4.98 Å². The molecule has 0 aliphatic rings. The fourth-order valence-corrected chi connectivity index (χ4v) is 1.66. The molecule has 0 fully saturated rings. The summed E-state index contributed by atoms with van der Waals surface area (Å²) in [6.45, 7) is 5.27. The van der Waals surface area contributed by atoms with E-state index >= 15 is 0 Å². The van der Waals surface area contributed by atoms with Gasteiger partial charge in [-0.15, -0.1) is 0 Å². The molecule has 4 nitrogen and oxygen atoms in total. The molecule has 0 spiro atoms. The molecule has 0 amide bonds. The topological polar surface area (TPSA) is 56.3 Å². The number of ketones is 1. The highest BCUT2D eigenvalue weighted by Gasteiger charge is 2.21. The van der Waals surface area contributed by atoms with E-state index in [4.69, 9.17) is 4.74 Å². The minimum atomic E-state index is -0.585. The predicted octanol–water partition coefficient (Wildman–Crippen LogP) is 2.76. The van der Waals surface area contributed by atoms with Crippen LogP contribution in [0.3, 0.4) is 0 Å². The molecule has 0 N–H and O–H groups in total. The fraction of sp³-hybridized carbons (Fsp3) is 0.417. The van der Waals surface area contributed by atoms with Crippen LogP contribution in [0.5, 0.6) is 0 Å². The molecule has 0 saturated carbocycles. The first-order valence-electron chi connectivity index (χ1n) is 5.15.